The molecule has 0 aliphatic heterocycles. The lowest BCUT2D eigenvalue weighted by atomic mass is 9.72. The fourth-order valence-electron chi connectivity index (χ4n) is 0.855. The van der Waals surface area contributed by atoms with Gasteiger partial charge in [0.05, 0.1) is 13.3 Å². The SMILES string of the molecule is [B][B]OC(=O)c1ccc(OC=O)cc1. The second kappa shape index (κ2) is 5.11. The van der Waals surface area contributed by atoms with Gasteiger partial charge in [-0.3, -0.25) is 4.79 Å². The van der Waals surface area contributed by atoms with E-state index in [1.165, 1.54) is 24.3 Å². The van der Waals surface area contributed by atoms with Crippen LogP contribution in [0.1, 0.15) is 10.4 Å². The second-order valence-electron chi connectivity index (χ2n) is 2.28. The van der Waals surface area contributed by atoms with Gasteiger partial charge in [-0.2, -0.15) is 0 Å². The van der Waals surface area contributed by atoms with Crippen LogP contribution in [-0.2, 0) is 9.45 Å². The van der Waals surface area contributed by atoms with Crippen LogP contribution in [0.2, 0.25) is 0 Å². The maximum Gasteiger partial charge on any atom is 0.319 e. The standard InChI is InChI=1S/C8H5B2O4/c9-10-14-8(12)6-1-3-7(4-2-6)13-5-11/h1-5H. The molecular weight excluding hydrogens is 182 g/mol. The highest BCUT2D eigenvalue weighted by Gasteiger charge is 2.05. The molecule has 0 unspecified atom stereocenters. The molecule has 67 valence electrons. The molecule has 0 N–H and O–H groups in total. The Balaban J connectivity index is 2.72. The number of carbonyl (C=O) groups excluding carboxylic acids is 2. The first-order valence-corrected chi connectivity index (χ1v) is 3.72. The third kappa shape index (κ3) is 2.65. The van der Waals surface area contributed by atoms with Gasteiger partial charge in [-0.1, -0.05) is 0 Å². The van der Waals surface area contributed by atoms with Crippen LogP contribution in [0.15, 0.2) is 24.3 Å². The van der Waals surface area contributed by atoms with Gasteiger partial charge in [-0.15, -0.1) is 0 Å². The van der Waals surface area contributed by atoms with Crippen molar-refractivity contribution in [3.8, 4) is 5.75 Å². The molecule has 0 aromatic heterocycles. The van der Waals surface area contributed by atoms with Crippen LogP contribution in [0.5, 0.6) is 5.75 Å². The van der Waals surface area contributed by atoms with E-state index in [1.807, 2.05) is 0 Å². The average molecular weight is 187 g/mol. The van der Waals surface area contributed by atoms with Gasteiger partial charge in [-0.25, -0.2) is 4.79 Å². The van der Waals surface area contributed by atoms with Gasteiger partial charge < -0.3 is 9.39 Å². The van der Waals surface area contributed by atoms with Crippen molar-refractivity contribution in [1.82, 2.24) is 0 Å². The number of rotatable bonds is 4. The molecule has 0 fully saturated rings. The molecule has 14 heavy (non-hydrogen) atoms. The highest BCUT2D eigenvalue weighted by Crippen LogP contribution is 2.11. The van der Waals surface area contributed by atoms with Gasteiger partial charge in [0, 0.05) is 0 Å². The van der Waals surface area contributed by atoms with Crippen LogP contribution >= 0.6 is 0 Å². The van der Waals surface area contributed by atoms with Crippen LogP contribution in [0.3, 0.4) is 0 Å². The van der Waals surface area contributed by atoms with E-state index in [2.05, 4.69) is 9.39 Å². The molecule has 1 aromatic rings. The number of hydrogen-bond donors (Lipinski definition) is 0. The van der Waals surface area contributed by atoms with Gasteiger partial charge in [-0.05, 0) is 24.3 Å². The zero-order valence-corrected chi connectivity index (χ0v) is 7.17. The van der Waals surface area contributed by atoms with E-state index in [-0.39, 0.29) is 0 Å². The molecule has 0 aliphatic rings. The molecule has 6 heteroatoms. The van der Waals surface area contributed by atoms with Crippen molar-refractivity contribution in [3.05, 3.63) is 29.8 Å². The quantitative estimate of drug-likeness (QED) is 0.494. The van der Waals surface area contributed by atoms with E-state index in [9.17, 15) is 9.59 Å². The third-order valence-corrected chi connectivity index (χ3v) is 1.45. The van der Waals surface area contributed by atoms with Crippen molar-refractivity contribution in [2.75, 3.05) is 0 Å². The Kier molecular flexibility index (Phi) is 3.79. The highest BCUT2D eigenvalue weighted by atomic mass is 16.5. The average Bonchev–Trinajstić information content (AvgIpc) is 2.20. The summed E-state index contributed by atoms with van der Waals surface area (Å²) in [7, 11) is 5.71. The second-order valence-corrected chi connectivity index (χ2v) is 2.28. The minimum absolute atomic E-state index is 0.307. The number of hydrogen-bond acceptors (Lipinski definition) is 4. The molecule has 0 amide bonds. The number of carbonyl (C=O) groups is 2. The van der Waals surface area contributed by atoms with E-state index in [0.717, 1.165) is 7.37 Å². The minimum atomic E-state index is -0.565. The largest absolute Gasteiger partial charge is 0.546 e. The Labute approximate surface area is 82.9 Å². The van der Waals surface area contributed by atoms with E-state index < -0.39 is 5.97 Å². The smallest absolute Gasteiger partial charge is 0.319 e. The van der Waals surface area contributed by atoms with Crippen molar-refractivity contribution in [3.63, 3.8) is 0 Å². The Morgan fingerprint density at radius 1 is 1.36 bits per heavy atom. The third-order valence-electron chi connectivity index (χ3n) is 1.45. The monoisotopic (exact) mass is 187 g/mol. The fourth-order valence-corrected chi connectivity index (χ4v) is 0.855. The summed E-state index contributed by atoms with van der Waals surface area (Å²) in [5, 5.41) is 0. The molecule has 0 heterocycles. The molecule has 0 bridgehead atoms. The van der Waals surface area contributed by atoms with Gasteiger partial charge in [0.25, 0.3) is 6.47 Å². The summed E-state index contributed by atoms with van der Waals surface area (Å²) in [5.41, 5.74) is 0.324. The lowest BCUT2D eigenvalue weighted by Crippen LogP contribution is -2.08. The minimum Gasteiger partial charge on any atom is -0.546 e. The predicted octanol–water partition coefficient (Wildman–Crippen LogP) is 0.0813. The summed E-state index contributed by atoms with van der Waals surface area (Å²) >= 11 is 0. The first-order valence-electron chi connectivity index (χ1n) is 3.72. The fraction of sp³-hybridized carbons (Fsp3) is 0. The van der Waals surface area contributed by atoms with E-state index >= 15 is 0 Å². The predicted molar refractivity (Wildman–Crippen MR) is 50.1 cm³/mol. The van der Waals surface area contributed by atoms with Crippen molar-refractivity contribution < 1.29 is 19.0 Å². The summed E-state index contributed by atoms with van der Waals surface area (Å²) < 4.78 is 8.97. The molecule has 0 saturated heterocycles. The zero-order chi connectivity index (χ0) is 10.4. The van der Waals surface area contributed by atoms with E-state index in [4.69, 9.17) is 7.74 Å². The van der Waals surface area contributed by atoms with Gasteiger partial charge in [0.2, 0.25) is 0 Å². The Hall–Kier alpha value is -1.71. The molecule has 3 radical (unpaired) electrons. The van der Waals surface area contributed by atoms with Crippen LogP contribution in [0.4, 0.5) is 0 Å². The van der Waals surface area contributed by atoms with Gasteiger partial charge in [0.1, 0.15) is 5.75 Å². The molecule has 0 aliphatic carbocycles. The zero-order valence-electron chi connectivity index (χ0n) is 7.17. The first kappa shape index (κ1) is 10.4. The lowest BCUT2D eigenvalue weighted by Gasteiger charge is -2.02. The van der Waals surface area contributed by atoms with Crippen LogP contribution in [-0.4, -0.2) is 27.6 Å². The topological polar surface area (TPSA) is 52.6 Å². The maximum atomic E-state index is 11.1. The number of benzene rings is 1. The highest BCUT2D eigenvalue weighted by molar-refractivity contribution is 6.86. The van der Waals surface area contributed by atoms with Crippen LogP contribution in [0.25, 0.3) is 0 Å². The lowest BCUT2D eigenvalue weighted by molar-refractivity contribution is -0.120. The molecule has 0 saturated carbocycles. The van der Waals surface area contributed by atoms with Gasteiger partial charge >= 0.3 is 13.3 Å². The molecule has 4 nitrogen and oxygen atoms in total. The molecular formula is C8H5B2O4. The van der Waals surface area contributed by atoms with Crippen molar-refractivity contribution >= 4 is 27.6 Å². The maximum absolute atomic E-state index is 11.1. The van der Waals surface area contributed by atoms with Crippen LogP contribution in [0, 0.1) is 0 Å². The Morgan fingerprint density at radius 2 is 2.00 bits per heavy atom. The van der Waals surface area contributed by atoms with Crippen LogP contribution < -0.4 is 4.74 Å². The molecule has 1 rings (SSSR count). The van der Waals surface area contributed by atoms with Gasteiger partial charge in [0.15, 0.2) is 0 Å². The number of ether oxygens (including phenoxy) is 1. The van der Waals surface area contributed by atoms with Crippen molar-refractivity contribution in [1.29, 1.82) is 0 Å². The summed E-state index contributed by atoms with van der Waals surface area (Å²) in [6, 6.07) is 5.87. The first-order chi connectivity index (χ1) is 6.77. The summed E-state index contributed by atoms with van der Waals surface area (Å²) in [6.07, 6.45) is 0. The molecule has 1 aromatic carbocycles. The van der Waals surface area contributed by atoms with Crippen molar-refractivity contribution in [2.45, 2.75) is 0 Å². The van der Waals surface area contributed by atoms with Crippen molar-refractivity contribution in [2.24, 2.45) is 0 Å². The Morgan fingerprint density at radius 3 is 2.50 bits per heavy atom. The molecule has 0 atom stereocenters. The summed E-state index contributed by atoms with van der Waals surface area (Å²) in [6.45, 7) is 0.307. The van der Waals surface area contributed by atoms with E-state index in [1.54, 1.807) is 0 Å². The summed E-state index contributed by atoms with van der Waals surface area (Å²) in [4.78, 5) is 21.0. The normalized spacial score (nSPS) is 8.86. The summed E-state index contributed by atoms with van der Waals surface area (Å²) in [5.74, 6) is -0.210. The molecule has 0 spiro atoms. The Bertz CT molecular complexity index is 323. The van der Waals surface area contributed by atoms with E-state index in [0.29, 0.717) is 17.8 Å².